The van der Waals surface area contributed by atoms with E-state index in [0.29, 0.717) is 5.95 Å². The van der Waals surface area contributed by atoms with E-state index in [4.69, 9.17) is 28.9 Å². The molecule has 2 rings (SSSR count). The zero-order valence-corrected chi connectivity index (χ0v) is 15.6. The van der Waals surface area contributed by atoms with Gasteiger partial charge >= 0.3 is 0 Å². The molecule has 1 aromatic heterocycles. The molecule has 0 spiro atoms. The second-order valence-corrected chi connectivity index (χ2v) is 8.00. The number of hydrogen-bond donors (Lipinski definition) is 1. The van der Waals surface area contributed by atoms with Crippen molar-refractivity contribution in [2.45, 2.75) is 11.4 Å². The number of nitrogens with two attached hydrogens (primary N) is 1. The van der Waals surface area contributed by atoms with Crippen LogP contribution in [0.4, 0.5) is 11.9 Å². The van der Waals surface area contributed by atoms with E-state index in [2.05, 4.69) is 15.0 Å². The summed E-state index contributed by atoms with van der Waals surface area (Å²) in [6.45, 7) is -0.0985. The average Bonchev–Trinajstić information content (AvgIpc) is 2.48. The summed E-state index contributed by atoms with van der Waals surface area (Å²) in [5.74, 6) is 0.565. The second kappa shape index (κ2) is 7.06. The first-order valence-electron chi connectivity index (χ1n) is 6.70. The van der Waals surface area contributed by atoms with Crippen molar-refractivity contribution in [1.29, 1.82) is 0 Å². The highest BCUT2D eigenvalue weighted by Gasteiger charge is 2.25. The number of benzene rings is 1. The van der Waals surface area contributed by atoms with E-state index in [1.54, 1.807) is 19.0 Å². The van der Waals surface area contributed by atoms with Crippen molar-refractivity contribution in [2.75, 3.05) is 31.8 Å². The van der Waals surface area contributed by atoms with Crippen molar-refractivity contribution in [1.82, 2.24) is 19.3 Å². The molecule has 0 aliphatic heterocycles. The van der Waals surface area contributed by atoms with Gasteiger partial charge in [0.1, 0.15) is 4.90 Å². The summed E-state index contributed by atoms with van der Waals surface area (Å²) in [6, 6.07) is 4.23. The number of anilines is 2. The molecular weight excluding hydrogens is 375 g/mol. The highest BCUT2D eigenvalue weighted by atomic mass is 35.5. The summed E-state index contributed by atoms with van der Waals surface area (Å²) in [4.78, 5) is 13.7. The van der Waals surface area contributed by atoms with Gasteiger partial charge in [-0.1, -0.05) is 23.2 Å². The predicted octanol–water partition coefficient (Wildman–Crippen LogP) is 1.65. The third kappa shape index (κ3) is 4.04. The number of rotatable bonds is 5. The van der Waals surface area contributed by atoms with Crippen molar-refractivity contribution in [3.05, 3.63) is 34.1 Å². The summed E-state index contributed by atoms with van der Waals surface area (Å²) >= 11 is 11.9. The van der Waals surface area contributed by atoms with Crippen LogP contribution in [0.2, 0.25) is 10.0 Å². The van der Waals surface area contributed by atoms with E-state index in [0.717, 1.165) is 4.31 Å². The molecular formula is C13H16Cl2N6O2S. The quantitative estimate of drug-likeness (QED) is 0.826. The summed E-state index contributed by atoms with van der Waals surface area (Å²) in [6.07, 6.45) is 0. The largest absolute Gasteiger partial charge is 0.368 e. The van der Waals surface area contributed by atoms with E-state index < -0.39 is 10.0 Å². The SMILES string of the molecule is CN(C)c1nc(N)nc(CN(C)S(=O)(=O)c2cc(Cl)ccc2Cl)n1. The number of nitrogens with zero attached hydrogens (tertiary/aromatic N) is 5. The molecule has 0 fully saturated rings. The molecule has 0 bridgehead atoms. The van der Waals surface area contributed by atoms with Crippen LogP contribution >= 0.6 is 23.2 Å². The third-order valence-electron chi connectivity index (χ3n) is 3.03. The van der Waals surface area contributed by atoms with Crippen LogP contribution in [0.1, 0.15) is 5.82 Å². The molecule has 0 atom stereocenters. The van der Waals surface area contributed by atoms with E-state index in [1.165, 1.54) is 25.2 Å². The first-order valence-corrected chi connectivity index (χ1v) is 8.90. The van der Waals surface area contributed by atoms with Gasteiger partial charge in [-0.15, -0.1) is 0 Å². The molecule has 24 heavy (non-hydrogen) atoms. The Hall–Kier alpha value is -1.68. The fourth-order valence-corrected chi connectivity index (χ4v) is 3.68. The Kier molecular flexibility index (Phi) is 5.49. The van der Waals surface area contributed by atoms with Crippen molar-refractivity contribution in [3.8, 4) is 0 Å². The summed E-state index contributed by atoms with van der Waals surface area (Å²) in [5, 5.41) is 0.348. The number of hydrogen-bond acceptors (Lipinski definition) is 7. The Morgan fingerprint density at radius 2 is 1.79 bits per heavy atom. The maximum Gasteiger partial charge on any atom is 0.244 e. The van der Waals surface area contributed by atoms with Gasteiger partial charge in [0.05, 0.1) is 11.6 Å². The van der Waals surface area contributed by atoms with Crippen LogP contribution in [0.5, 0.6) is 0 Å². The van der Waals surface area contributed by atoms with E-state index in [1.807, 2.05) is 0 Å². The molecule has 0 unspecified atom stereocenters. The number of nitrogen functional groups attached to an aromatic ring is 1. The molecule has 0 saturated heterocycles. The fraction of sp³-hybridized carbons (Fsp3) is 0.308. The molecule has 130 valence electrons. The summed E-state index contributed by atoms with van der Waals surface area (Å²) in [5.41, 5.74) is 5.64. The smallest absolute Gasteiger partial charge is 0.244 e. The Morgan fingerprint density at radius 1 is 1.12 bits per heavy atom. The lowest BCUT2D eigenvalue weighted by molar-refractivity contribution is 0.456. The molecule has 2 N–H and O–H groups in total. The zero-order chi connectivity index (χ0) is 18.1. The van der Waals surface area contributed by atoms with Gasteiger partial charge in [0.15, 0.2) is 5.82 Å². The summed E-state index contributed by atoms with van der Waals surface area (Å²) in [7, 11) is 0.998. The van der Waals surface area contributed by atoms with Crippen LogP contribution in [0.3, 0.4) is 0 Å². The minimum absolute atomic E-state index is 0.00952. The van der Waals surface area contributed by atoms with E-state index >= 15 is 0 Å². The van der Waals surface area contributed by atoms with Gasteiger partial charge in [-0.05, 0) is 18.2 Å². The first-order chi connectivity index (χ1) is 11.1. The monoisotopic (exact) mass is 390 g/mol. The molecule has 2 aromatic rings. The molecule has 1 aromatic carbocycles. The topological polar surface area (TPSA) is 105 Å². The van der Waals surface area contributed by atoms with Crippen LogP contribution in [-0.4, -0.2) is 48.8 Å². The van der Waals surface area contributed by atoms with Crippen LogP contribution in [0.25, 0.3) is 0 Å². The van der Waals surface area contributed by atoms with Gasteiger partial charge in [0.2, 0.25) is 21.9 Å². The van der Waals surface area contributed by atoms with E-state index in [9.17, 15) is 8.42 Å². The lowest BCUT2D eigenvalue weighted by Gasteiger charge is -2.18. The molecule has 0 saturated carbocycles. The number of aromatic nitrogens is 3. The molecule has 0 aliphatic rings. The van der Waals surface area contributed by atoms with Gasteiger partial charge in [-0.2, -0.15) is 19.3 Å². The maximum absolute atomic E-state index is 12.7. The molecule has 0 amide bonds. The molecule has 11 heteroatoms. The van der Waals surface area contributed by atoms with Crippen molar-refractivity contribution >= 4 is 45.1 Å². The highest BCUT2D eigenvalue weighted by molar-refractivity contribution is 7.89. The van der Waals surface area contributed by atoms with Crippen LogP contribution < -0.4 is 10.6 Å². The lowest BCUT2D eigenvalue weighted by atomic mass is 10.4. The molecule has 8 nitrogen and oxygen atoms in total. The summed E-state index contributed by atoms with van der Waals surface area (Å²) < 4.78 is 26.4. The number of sulfonamides is 1. The van der Waals surface area contributed by atoms with Crippen molar-refractivity contribution in [3.63, 3.8) is 0 Å². The highest BCUT2D eigenvalue weighted by Crippen LogP contribution is 2.27. The van der Waals surface area contributed by atoms with E-state index in [-0.39, 0.29) is 33.3 Å². The number of halogens is 2. The van der Waals surface area contributed by atoms with Gasteiger partial charge in [0, 0.05) is 26.2 Å². The zero-order valence-electron chi connectivity index (χ0n) is 13.2. The Labute approximate surface area is 150 Å². The molecule has 1 heterocycles. The normalized spacial score (nSPS) is 11.8. The minimum Gasteiger partial charge on any atom is -0.368 e. The Balaban J connectivity index is 2.35. The lowest BCUT2D eigenvalue weighted by Crippen LogP contribution is -2.28. The standard InChI is InChI=1S/C13H16Cl2N6O2S/c1-20(2)13-18-11(17-12(16)19-13)7-21(3)24(22,23)10-6-8(14)4-5-9(10)15/h4-6H,7H2,1-3H3,(H2,16,17,18,19). The maximum atomic E-state index is 12.7. The van der Waals surface area contributed by atoms with Gasteiger partial charge in [0.25, 0.3) is 0 Å². The third-order valence-corrected chi connectivity index (χ3v) is 5.55. The Bertz CT molecular complexity index is 860. The van der Waals surface area contributed by atoms with Crippen LogP contribution in [0, 0.1) is 0 Å². The van der Waals surface area contributed by atoms with Gasteiger partial charge in [-0.25, -0.2) is 8.42 Å². The van der Waals surface area contributed by atoms with Gasteiger partial charge < -0.3 is 10.6 Å². The second-order valence-electron chi connectivity index (χ2n) is 5.14. The van der Waals surface area contributed by atoms with Gasteiger partial charge in [-0.3, -0.25) is 0 Å². The predicted molar refractivity (Wildman–Crippen MR) is 93.7 cm³/mol. The fourth-order valence-electron chi connectivity index (χ4n) is 1.82. The van der Waals surface area contributed by atoms with Crippen LogP contribution in [-0.2, 0) is 16.6 Å². The van der Waals surface area contributed by atoms with Crippen molar-refractivity contribution in [2.24, 2.45) is 0 Å². The molecule has 0 aliphatic carbocycles. The van der Waals surface area contributed by atoms with Crippen LogP contribution in [0.15, 0.2) is 23.1 Å². The van der Waals surface area contributed by atoms with Crippen molar-refractivity contribution < 1.29 is 8.42 Å². The minimum atomic E-state index is -3.87. The molecule has 0 radical (unpaired) electrons. The average molecular weight is 391 g/mol. The first kappa shape index (κ1) is 18.7. The Morgan fingerprint density at radius 3 is 2.42 bits per heavy atom.